The van der Waals surface area contributed by atoms with Gasteiger partial charge in [0.15, 0.2) is 0 Å². The lowest BCUT2D eigenvalue weighted by Gasteiger charge is -2.27. The van der Waals surface area contributed by atoms with Crippen LogP contribution in [0.4, 0.5) is 11.4 Å². The zero-order chi connectivity index (χ0) is 25.3. The van der Waals surface area contributed by atoms with E-state index in [9.17, 15) is 14.7 Å². The average molecular weight is 469 g/mol. The first kappa shape index (κ1) is 24.3. The summed E-state index contributed by atoms with van der Waals surface area (Å²) >= 11 is 0. The minimum absolute atomic E-state index is 0.112. The SMILES string of the molecule is CCN(CC)c1ccc(C2/C(=C(\O)c3cc(C)ccc3C)C(=O)C(=O)N2c2cccc(C)c2)cc1. The largest absolute Gasteiger partial charge is 0.507 e. The number of ketones is 1. The van der Waals surface area contributed by atoms with Crippen LogP contribution in [0.5, 0.6) is 0 Å². The molecule has 1 amide bonds. The number of aliphatic hydroxyl groups is 1. The van der Waals surface area contributed by atoms with Gasteiger partial charge >= 0.3 is 0 Å². The van der Waals surface area contributed by atoms with Crippen LogP contribution in [0.1, 0.15) is 47.7 Å². The van der Waals surface area contributed by atoms with Crippen LogP contribution in [0.3, 0.4) is 0 Å². The summed E-state index contributed by atoms with van der Waals surface area (Å²) in [5.41, 5.74) is 5.93. The smallest absolute Gasteiger partial charge is 0.300 e. The highest BCUT2D eigenvalue weighted by Crippen LogP contribution is 2.43. The van der Waals surface area contributed by atoms with Gasteiger partial charge in [-0.3, -0.25) is 14.5 Å². The van der Waals surface area contributed by atoms with Crippen molar-refractivity contribution in [2.24, 2.45) is 0 Å². The van der Waals surface area contributed by atoms with E-state index in [0.717, 1.165) is 41.0 Å². The van der Waals surface area contributed by atoms with Crippen LogP contribution in [0.2, 0.25) is 0 Å². The van der Waals surface area contributed by atoms with Crippen molar-refractivity contribution in [3.05, 3.63) is 100 Å². The molecule has 5 heteroatoms. The first-order chi connectivity index (χ1) is 16.8. The number of rotatable bonds is 6. The predicted octanol–water partition coefficient (Wildman–Crippen LogP) is 6.08. The molecular formula is C30H32N2O3. The first-order valence-electron chi connectivity index (χ1n) is 12.1. The average Bonchev–Trinajstić information content (AvgIpc) is 3.12. The number of amides is 1. The maximum atomic E-state index is 13.4. The minimum Gasteiger partial charge on any atom is -0.507 e. The fraction of sp³-hybridized carbons (Fsp3) is 0.267. The van der Waals surface area contributed by atoms with Crippen molar-refractivity contribution < 1.29 is 14.7 Å². The van der Waals surface area contributed by atoms with Crippen molar-refractivity contribution in [1.82, 2.24) is 0 Å². The van der Waals surface area contributed by atoms with E-state index in [1.54, 1.807) is 0 Å². The molecule has 0 bridgehead atoms. The van der Waals surface area contributed by atoms with Gasteiger partial charge in [0, 0.05) is 30.0 Å². The zero-order valence-corrected chi connectivity index (χ0v) is 21.0. The molecule has 5 nitrogen and oxygen atoms in total. The second-order valence-corrected chi connectivity index (χ2v) is 9.09. The van der Waals surface area contributed by atoms with Crippen LogP contribution in [-0.4, -0.2) is 29.9 Å². The van der Waals surface area contributed by atoms with Gasteiger partial charge in [-0.05, 0) is 81.6 Å². The number of benzene rings is 3. The number of aliphatic hydroxyl groups excluding tert-OH is 1. The summed E-state index contributed by atoms with van der Waals surface area (Å²) < 4.78 is 0. The van der Waals surface area contributed by atoms with Crippen molar-refractivity contribution in [2.75, 3.05) is 22.9 Å². The van der Waals surface area contributed by atoms with Crippen molar-refractivity contribution in [2.45, 2.75) is 40.7 Å². The van der Waals surface area contributed by atoms with Crippen LogP contribution < -0.4 is 9.80 Å². The second kappa shape index (κ2) is 9.79. The van der Waals surface area contributed by atoms with Gasteiger partial charge < -0.3 is 10.0 Å². The molecular weight excluding hydrogens is 436 g/mol. The van der Waals surface area contributed by atoms with E-state index in [2.05, 4.69) is 18.7 Å². The number of hydrogen-bond donors (Lipinski definition) is 1. The summed E-state index contributed by atoms with van der Waals surface area (Å²) in [5.74, 6) is -1.46. The van der Waals surface area contributed by atoms with E-state index in [1.165, 1.54) is 4.90 Å². The van der Waals surface area contributed by atoms with Crippen LogP contribution >= 0.6 is 0 Å². The molecule has 4 rings (SSSR count). The van der Waals surface area contributed by atoms with Gasteiger partial charge in [-0.2, -0.15) is 0 Å². The Kier molecular flexibility index (Phi) is 6.79. The van der Waals surface area contributed by atoms with Crippen molar-refractivity contribution in [3.63, 3.8) is 0 Å². The van der Waals surface area contributed by atoms with Crippen molar-refractivity contribution in [3.8, 4) is 0 Å². The Bertz CT molecular complexity index is 1300. The molecule has 0 saturated carbocycles. The third-order valence-corrected chi connectivity index (χ3v) is 6.71. The van der Waals surface area contributed by atoms with E-state index in [-0.39, 0.29) is 11.3 Å². The summed E-state index contributed by atoms with van der Waals surface area (Å²) in [6.45, 7) is 11.7. The quantitative estimate of drug-likeness (QED) is 0.270. The van der Waals surface area contributed by atoms with Crippen LogP contribution in [0.15, 0.2) is 72.3 Å². The van der Waals surface area contributed by atoms with Crippen LogP contribution in [0.25, 0.3) is 5.76 Å². The summed E-state index contributed by atoms with van der Waals surface area (Å²) in [6.07, 6.45) is 0. The van der Waals surface area contributed by atoms with E-state index < -0.39 is 17.7 Å². The number of aryl methyl sites for hydroxylation is 3. The Morgan fingerprint density at radius 2 is 1.54 bits per heavy atom. The van der Waals surface area contributed by atoms with Crippen LogP contribution in [0, 0.1) is 20.8 Å². The number of carbonyl (C=O) groups excluding carboxylic acids is 2. The third-order valence-electron chi connectivity index (χ3n) is 6.71. The monoisotopic (exact) mass is 468 g/mol. The molecule has 1 aliphatic heterocycles. The van der Waals surface area contributed by atoms with Gasteiger partial charge in [0.25, 0.3) is 11.7 Å². The second-order valence-electron chi connectivity index (χ2n) is 9.09. The summed E-state index contributed by atoms with van der Waals surface area (Å²) in [5, 5.41) is 11.5. The molecule has 1 atom stereocenters. The molecule has 0 aliphatic carbocycles. The standard InChI is InChI=1S/C30H32N2O3/c1-6-31(7-2)23-15-13-22(14-16-23)27-26(28(33)25-18-20(4)11-12-21(25)5)29(34)30(35)32(27)24-10-8-9-19(3)17-24/h8-18,27,33H,6-7H2,1-5H3/b28-26+. The van der Waals surface area contributed by atoms with Crippen LogP contribution in [-0.2, 0) is 9.59 Å². The molecule has 0 radical (unpaired) electrons. The lowest BCUT2D eigenvalue weighted by Crippen LogP contribution is -2.29. The molecule has 0 aromatic heterocycles. The number of nitrogens with zero attached hydrogens (tertiary/aromatic N) is 2. The van der Waals surface area contributed by atoms with Gasteiger partial charge in [0.1, 0.15) is 5.76 Å². The van der Waals surface area contributed by atoms with E-state index in [0.29, 0.717) is 11.3 Å². The highest BCUT2D eigenvalue weighted by Gasteiger charge is 2.47. The van der Waals surface area contributed by atoms with Gasteiger partial charge in [-0.1, -0.05) is 42.0 Å². The summed E-state index contributed by atoms with van der Waals surface area (Å²) in [7, 11) is 0. The van der Waals surface area contributed by atoms with E-state index >= 15 is 0 Å². The fourth-order valence-corrected chi connectivity index (χ4v) is 4.78. The Morgan fingerprint density at radius 1 is 0.886 bits per heavy atom. The van der Waals surface area contributed by atoms with Crippen molar-refractivity contribution in [1.29, 1.82) is 0 Å². The Balaban J connectivity index is 1.93. The molecule has 1 fully saturated rings. The molecule has 0 spiro atoms. The summed E-state index contributed by atoms with van der Waals surface area (Å²) in [4.78, 5) is 30.6. The van der Waals surface area contributed by atoms with Crippen molar-refractivity contribution >= 4 is 28.8 Å². The highest BCUT2D eigenvalue weighted by atomic mass is 16.3. The third kappa shape index (κ3) is 4.46. The molecule has 1 aliphatic rings. The fourth-order valence-electron chi connectivity index (χ4n) is 4.78. The molecule has 180 valence electrons. The summed E-state index contributed by atoms with van der Waals surface area (Å²) in [6, 6.07) is 20.4. The topological polar surface area (TPSA) is 60.9 Å². The lowest BCUT2D eigenvalue weighted by molar-refractivity contribution is -0.132. The Morgan fingerprint density at radius 3 is 2.17 bits per heavy atom. The van der Waals surface area contributed by atoms with Gasteiger partial charge in [0.2, 0.25) is 0 Å². The van der Waals surface area contributed by atoms with Gasteiger partial charge in [0.05, 0.1) is 11.6 Å². The highest BCUT2D eigenvalue weighted by molar-refractivity contribution is 6.51. The minimum atomic E-state index is -0.734. The van der Waals surface area contributed by atoms with E-state index in [1.807, 2.05) is 87.5 Å². The Labute approximate surface area is 207 Å². The molecule has 3 aromatic rings. The number of Topliss-reactive ketones (excluding diaryl/α,β-unsaturated/α-hetero) is 1. The maximum absolute atomic E-state index is 13.4. The van der Waals surface area contributed by atoms with Gasteiger partial charge in [-0.25, -0.2) is 0 Å². The number of hydrogen-bond acceptors (Lipinski definition) is 4. The first-order valence-corrected chi connectivity index (χ1v) is 12.1. The number of anilines is 2. The zero-order valence-electron chi connectivity index (χ0n) is 21.0. The molecule has 1 saturated heterocycles. The molecule has 1 heterocycles. The number of carbonyl (C=O) groups is 2. The molecule has 1 unspecified atom stereocenters. The van der Waals surface area contributed by atoms with Gasteiger partial charge in [-0.15, -0.1) is 0 Å². The maximum Gasteiger partial charge on any atom is 0.300 e. The lowest BCUT2D eigenvalue weighted by atomic mass is 9.93. The predicted molar refractivity (Wildman–Crippen MR) is 142 cm³/mol. The Hall–Kier alpha value is -3.86. The molecule has 35 heavy (non-hydrogen) atoms. The molecule has 3 aromatic carbocycles. The normalized spacial score (nSPS) is 17.2. The molecule has 1 N–H and O–H groups in total. The van der Waals surface area contributed by atoms with E-state index in [4.69, 9.17) is 0 Å².